The molecule has 1 heterocycles. The zero-order valence-corrected chi connectivity index (χ0v) is 18.9. The van der Waals surface area contributed by atoms with Gasteiger partial charge >= 0.3 is 0 Å². The van der Waals surface area contributed by atoms with E-state index in [-0.39, 0.29) is 24.5 Å². The zero-order valence-electron chi connectivity index (χ0n) is 18.9. The van der Waals surface area contributed by atoms with Gasteiger partial charge in [-0.3, -0.25) is 9.59 Å². The number of nitriles is 1. The van der Waals surface area contributed by atoms with Crippen LogP contribution in [0.4, 0.5) is 5.82 Å². The van der Waals surface area contributed by atoms with Crippen molar-refractivity contribution in [3.8, 4) is 45.7 Å². The molecule has 0 aliphatic carbocycles. The van der Waals surface area contributed by atoms with Crippen molar-refractivity contribution >= 4 is 18.2 Å². The molecule has 176 valence electrons. The Bertz CT molecular complexity index is 1240. The minimum Gasteiger partial charge on any atom is -0.496 e. The third kappa shape index (κ3) is 5.52. The fourth-order valence-corrected chi connectivity index (χ4v) is 3.36. The Kier molecular flexibility index (Phi) is 8.79. The van der Waals surface area contributed by atoms with Gasteiger partial charge in [0.1, 0.15) is 34.7 Å². The van der Waals surface area contributed by atoms with Crippen LogP contribution in [0.1, 0.15) is 11.1 Å². The maximum Gasteiger partial charge on any atom is 0.290 e. The molecular formula is C24H24N4O6. The van der Waals surface area contributed by atoms with Crippen molar-refractivity contribution < 1.29 is 28.9 Å². The largest absolute Gasteiger partial charge is 0.496 e. The van der Waals surface area contributed by atoms with Gasteiger partial charge in [0.15, 0.2) is 6.61 Å². The molecule has 10 heteroatoms. The van der Waals surface area contributed by atoms with Gasteiger partial charge in [-0.2, -0.15) is 5.26 Å². The lowest BCUT2D eigenvalue weighted by Gasteiger charge is -2.17. The molecule has 0 bridgehead atoms. The first-order valence-corrected chi connectivity index (χ1v) is 9.83. The summed E-state index contributed by atoms with van der Waals surface area (Å²) in [7, 11) is 3.13. The van der Waals surface area contributed by atoms with Crippen molar-refractivity contribution in [2.75, 3.05) is 26.6 Å². The zero-order chi connectivity index (χ0) is 25.3. The number of benzene rings is 2. The van der Waals surface area contributed by atoms with E-state index in [4.69, 9.17) is 35.6 Å². The Hall–Kier alpha value is -4.78. The molecule has 5 N–H and O–H groups in total. The number of carboxylic acid groups (broad SMARTS) is 1. The molecule has 0 atom stereocenters. The molecule has 0 aliphatic rings. The summed E-state index contributed by atoms with van der Waals surface area (Å²) in [5.74, 6) is 1.11. The Morgan fingerprint density at radius 1 is 1.12 bits per heavy atom. The monoisotopic (exact) mass is 464 g/mol. The fraction of sp³-hybridized carbons (Fsp3) is 0.167. The van der Waals surface area contributed by atoms with Crippen LogP contribution >= 0.6 is 0 Å². The Labute approximate surface area is 196 Å². The van der Waals surface area contributed by atoms with Crippen molar-refractivity contribution in [3.05, 3.63) is 53.6 Å². The summed E-state index contributed by atoms with van der Waals surface area (Å²) < 4.78 is 16.5. The molecule has 34 heavy (non-hydrogen) atoms. The van der Waals surface area contributed by atoms with Crippen LogP contribution in [0.2, 0.25) is 0 Å². The number of rotatable bonds is 7. The van der Waals surface area contributed by atoms with Crippen LogP contribution < -0.4 is 25.7 Å². The first-order chi connectivity index (χ1) is 16.3. The molecule has 0 saturated heterocycles. The molecule has 0 spiro atoms. The van der Waals surface area contributed by atoms with E-state index in [0.29, 0.717) is 39.6 Å². The number of primary amides is 1. The third-order valence-corrected chi connectivity index (χ3v) is 4.76. The minimum atomic E-state index is -0.596. The van der Waals surface area contributed by atoms with Crippen molar-refractivity contribution in [1.29, 1.82) is 5.26 Å². The summed E-state index contributed by atoms with van der Waals surface area (Å²) in [5, 5.41) is 16.6. The van der Waals surface area contributed by atoms with Crippen molar-refractivity contribution in [2.45, 2.75) is 6.92 Å². The van der Waals surface area contributed by atoms with Crippen LogP contribution in [0, 0.1) is 18.3 Å². The van der Waals surface area contributed by atoms with Gasteiger partial charge in [0.25, 0.3) is 12.4 Å². The van der Waals surface area contributed by atoms with Crippen LogP contribution in [0.5, 0.6) is 17.2 Å². The Morgan fingerprint density at radius 2 is 1.79 bits per heavy atom. The summed E-state index contributed by atoms with van der Waals surface area (Å²) in [5.41, 5.74) is 14.7. The second-order valence-electron chi connectivity index (χ2n) is 6.76. The third-order valence-electron chi connectivity index (χ3n) is 4.76. The molecule has 1 amide bonds. The van der Waals surface area contributed by atoms with Crippen LogP contribution in [0.15, 0.2) is 42.5 Å². The number of carbonyl (C=O) groups excluding carboxylic acids is 1. The molecule has 0 fully saturated rings. The highest BCUT2D eigenvalue weighted by Crippen LogP contribution is 2.42. The van der Waals surface area contributed by atoms with E-state index in [1.807, 2.05) is 6.92 Å². The van der Waals surface area contributed by atoms with Crippen molar-refractivity contribution in [1.82, 2.24) is 4.98 Å². The summed E-state index contributed by atoms with van der Waals surface area (Å²) in [6, 6.07) is 14.5. The van der Waals surface area contributed by atoms with Crippen LogP contribution in [-0.2, 0) is 9.59 Å². The smallest absolute Gasteiger partial charge is 0.290 e. The lowest BCUT2D eigenvalue weighted by Crippen LogP contribution is -2.20. The summed E-state index contributed by atoms with van der Waals surface area (Å²) in [6.45, 7) is 1.34. The number of methoxy groups -OCH3 is 2. The first-order valence-electron chi connectivity index (χ1n) is 9.83. The molecule has 0 unspecified atom stereocenters. The number of aromatic nitrogens is 1. The Balaban J connectivity index is 0.00000129. The summed E-state index contributed by atoms with van der Waals surface area (Å²) in [6.07, 6.45) is 0. The predicted octanol–water partition coefficient (Wildman–Crippen LogP) is 2.76. The van der Waals surface area contributed by atoms with Gasteiger partial charge in [0.2, 0.25) is 0 Å². The molecule has 0 aliphatic heterocycles. The van der Waals surface area contributed by atoms with Gasteiger partial charge in [0.05, 0.1) is 19.9 Å². The minimum absolute atomic E-state index is 0.0650. The number of ether oxygens (including phenoxy) is 3. The molecule has 1 aromatic heterocycles. The number of para-hydroxylation sites is 1. The molecule has 10 nitrogen and oxygen atoms in total. The van der Waals surface area contributed by atoms with Gasteiger partial charge in [0, 0.05) is 22.3 Å². The average molecular weight is 464 g/mol. The lowest BCUT2D eigenvalue weighted by atomic mass is 9.95. The van der Waals surface area contributed by atoms with Gasteiger partial charge in [-0.05, 0) is 37.3 Å². The highest BCUT2D eigenvalue weighted by atomic mass is 16.5. The van der Waals surface area contributed by atoms with E-state index in [1.165, 1.54) is 0 Å². The molecular weight excluding hydrogens is 440 g/mol. The topological polar surface area (TPSA) is 171 Å². The number of hydrogen-bond donors (Lipinski definition) is 3. The first kappa shape index (κ1) is 25.5. The quantitative estimate of drug-likeness (QED) is 0.445. The second kappa shape index (κ2) is 11.7. The molecule has 0 saturated carbocycles. The maximum atomic E-state index is 11.2. The number of nitrogen functional groups attached to an aromatic ring is 1. The lowest BCUT2D eigenvalue weighted by molar-refractivity contribution is -0.123. The van der Waals surface area contributed by atoms with E-state index in [9.17, 15) is 10.1 Å². The number of anilines is 1. The Morgan fingerprint density at radius 3 is 2.38 bits per heavy atom. The van der Waals surface area contributed by atoms with Gasteiger partial charge in [-0.25, -0.2) is 4.98 Å². The van der Waals surface area contributed by atoms with Crippen molar-refractivity contribution in [3.63, 3.8) is 0 Å². The summed E-state index contributed by atoms with van der Waals surface area (Å²) in [4.78, 5) is 23.9. The predicted molar refractivity (Wildman–Crippen MR) is 125 cm³/mol. The highest BCUT2D eigenvalue weighted by molar-refractivity contribution is 5.85. The number of pyridine rings is 1. The van der Waals surface area contributed by atoms with E-state index in [0.717, 1.165) is 5.56 Å². The fourth-order valence-electron chi connectivity index (χ4n) is 3.36. The van der Waals surface area contributed by atoms with E-state index < -0.39 is 5.91 Å². The summed E-state index contributed by atoms with van der Waals surface area (Å²) >= 11 is 0. The molecule has 0 radical (unpaired) electrons. The number of nitrogens with two attached hydrogens (primary N) is 2. The van der Waals surface area contributed by atoms with E-state index in [2.05, 4.69) is 11.1 Å². The van der Waals surface area contributed by atoms with E-state index >= 15 is 0 Å². The van der Waals surface area contributed by atoms with Crippen molar-refractivity contribution in [2.24, 2.45) is 5.73 Å². The number of carbonyl (C=O) groups is 2. The number of amides is 1. The SMILES string of the molecule is COc1ccc(-c2cc(-c3ccccc3OCC(N)=O)nc(N)c2C#N)c(OC)c1C.O=CO. The van der Waals surface area contributed by atoms with E-state index in [1.54, 1.807) is 56.7 Å². The average Bonchev–Trinajstić information content (AvgIpc) is 2.82. The van der Waals surface area contributed by atoms with Gasteiger partial charge < -0.3 is 30.8 Å². The second-order valence-corrected chi connectivity index (χ2v) is 6.76. The van der Waals surface area contributed by atoms with Gasteiger partial charge in [-0.1, -0.05) is 12.1 Å². The standard InChI is InChI=1S/C23H22N4O4.CH2O2/c1-13-19(29-2)9-8-14(22(13)30-3)16-10-18(27-23(26)17(16)11-24)15-6-4-5-7-20(15)31-12-21(25)28;2-1-3/h4-10H,12H2,1-3H3,(H2,25,28)(H2,26,27);1H,(H,2,3). The molecule has 3 aromatic rings. The normalized spacial score (nSPS) is 9.71. The molecule has 3 rings (SSSR count). The van der Waals surface area contributed by atoms with Gasteiger partial charge in [-0.15, -0.1) is 0 Å². The number of nitrogens with zero attached hydrogens (tertiary/aromatic N) is 2. The van der Waals surface area contributed by atoms with Crippen LogP contribution in [0.3, 0.4) is 0 Å². The molecule has 2 aromatic carbocycles. The van der Waals surface area contributed by atoms with Crippen LogP contribution in [0.25, 0.3) is 22.4 Å². The number of hydrogen-bond acceptors (Lipinski definition) is 8. The maximum absolute atomic E-state index is 11.2. The van der Waals surface area contributed by atoms with Crippen LogP contribution in [-0.4, -0.2) is 43.3 Å². The highest BCUT2D eigenvalue weighted by Gasteiger charge is 2.20.